The van der Waals surface area contributed by atoms with E-state index < -0.39 is 17.9 Å². The van der Waals surface area contributed by atoms with Crippen molar-refractivity contribution in [1.82, 2.24) is 20.4 Å². The van der Waals surface area contributed by atoms with Gasteiger partial charge in [0.25, 0.3) is 0 Å². The van der Waals surface area contributed by atoms with Crippen molar-refractivity contribution in [2.24, 2.45) is 0 Å². The van der Waals surface area contributed by atoms with E-state index in [0.717, 1.165) is 24.5 Å². The van der Waals surface area contributed by atoms with Crippen LogP contribution in [-0.4, -0.2) is 22.4 Å². The second-order valence-electron chi connectivity index (χ2n) is 6.19. The van der Waals surface area contributed by atoms with Crippen LogP contribution in [0.3, 0.4) is 0 Å². The molecule has 2 N–H and O–H groups in total. The summed E-state index contributed by atoms with van der Waals surface area (Å²) in [5.74, 6) is 0.136. The number of nitrogens with zero attached hydrogens (tertiary/aromatic N) is 2. The molecular formula is C17H18ClF3N4O. The van der Waals surface area contributed by atoms with Gasteiger partial charge in [-0.25, -0.2) is 4.79 Å². The Bertz CT molecular complexity index is 769. The van der Waals surface area contributed by atoms with Crippen LogP contribution in [0.1, 0.15) is 35.7 Å². The highest BCUT2D eigenvalue weighted by Gasteiger charge is 2.37. The molecule has 1 fully saturated rings. The maximum Gasteiger partial charge on any atom is 0.435 e. The lowest BCUT2D eigenvalue weighted by molar-refractivity contribution is -0.141. The summed E-state index contributed by atoms with van der Waals surface area (Å²) in [5, 5.41) is 9.57. The summed E-state index contributed by atoms with van der Waals surface area (Å²) in [6, 6.07) is 7.77. The molecule has 1 aromatic heterocycles. The van der Waals surface area contributed by atoms with Crippen LogP contribution in [-0.2, 0) is 19.3 Å². The topological polar surface area (TPSA) is 59.0 Å². The predicted octanol–water partition coefficient (Wildman–Crippen LogP) is 3.93. The van der Waals surface area contributed by atoms with E-state index in [-0.39, 0.29) is 19.0 Å². The van der Waals surface area contributed by atoms with E-state index in [2.05, 4.69) is 15.7 Å². The van der Waals surface area contributed by atoms with E-state index >= 15 is 0 Å². The molecule has 0 spiro atoms. The lowest BCUT2D eigenvalue weighted by Crippen LogP contribution is -2.37. The standard InChI is InChI=1S/C17H18ClF3N4O/c18-13-5-1-11(2-6-13)10-23-16(26)22-7-8-25-14(12-3-4-12)9-15(24-25)17(19,20)21/h1-2,5-6,9,12H,3-4,7-8,10H2,(H2,22,23,26). The second-order valence-corrected chi connectivity index (χ2v) is 6.62. The Morgan fingerprint density at radius 2 is 1.92 bits per heavy atom. The number of nitrogens with one attached hydrogen (secondary N) is 2. The van der Waals surface area contributed by atoms with E-state index in [1.54, 1.807) is 24.3 Å². The van der Waals surface area contributed by atoms with Gasteiger partial charge in [-0.2, -0.15) is 18.3 Å². The van der Waals surface area contributed by atoms with Crippen molar-refractivity contribution in [3.05, 3.63) is 52.3 Å². The first kappa shape index (κ1) is 18.6. The molecule has 0 unspecified atom stereocenters. The molecule has 1 heterocycles. The third kappa shape index (κ3) is 4.91. The van der Waals surface area contributed by atoms with Gasteiger partial charge in [0.1, 0.15) is 0 Å². The van der Waals surface area contributed by atoms with Gasteiger partial charge in [0.15, 0.2) is 5.69 Å². The van der Waals surface area contributed by atoms with E-state index in [0.29, 0.717) is 17.3 Å². The molecule has 3 rings (SSSR count). The number of hydrogen-bond acceptors (Lipinski definition) is 2. The van der Waals surface area contributed by atoms with Gasteiger partial charge in [0, 0.05) is 29.7 Å². The van der Waals surface area contributed by atoms with Crippen LogP contribution in [0, 0.1) is 0 Å². The summed E-state index contributed by atoms with van der Waals surface area (Å²) >= 11 is 5.79. The van der Waals surface area contributed by atoms with Crippen molar-refractivity contribution in [2.45, 2.75) is 38.0 Å². The molecule has 0 aliphatic heterocycles. The third-order valence-electron chi connectivity index (χ3n) is 4.07. The predicted molar refractivity (Wildman–Crippen MR) is 90.9 cm³/mol. The Labute approximate surface area is 153 Å². The molecule has 0 radical (unpaired) electrons. The van der Waals surface area contributed by atoms with Gasteiger partial charge < -0.3 is 10.6 Å². The first-order chi connectivity index (χ1) is 12.3. The number of carbonyl (C=O) groups excluding carboxylic acids is 1. The molecule has 0 bridgehead atoms. The second kappa shape index (κ2) is 7.57. The molecule has 5 nitrogen and oxygen atoms in total. The summed E-state index contributed by atoms with van der Waals surface area (Å²) in [6.45, 7) is 0.706. The third-order valence-corrected chi connectivity index (χ3v) is 4.32. The fraction of sp³-hybridized carbons (Fsp3) is 0.412. The number of halogens is 4. The minimum atomic E-state index is -4.46. The number of aromatic nitrogens is 2. The van der Waals surface area contributed by atoms with Crippen LogP contribution in [0.2, 0.25) is 5.02 Å². The highest BCUT2D eigenvalue weighted by Crippen LogP contribution is 2.42. The summed E-state index contributed by atoms with van der Waals surface area (Å²) < 4.78 is 39.9. The molecule has 1 aromatic carbocycles. The Morgan fingerprint density at radius 3 is 2.54 bits per heavy atom. The maximum absolute atomic E-state index is 12.8. The fourth-order valence-electron chi connectivity index (χ4n) is 2.58. The summed E-state index contributed by atoms with van der Waals surface area (Å²) in [4.78, 5) is 11.8. The Morgan fingerprint density at radius 1 is 1.23 bits per heavy atom. The van der Waals surface area contributed by atoms with Gasteiger partial charge in [-0.15, -0.1) is 0 Å². The van der Waals surface area contributed by atoms with E-state index in [1.165, 1.54) is 4.68 Å². The van der Waals surface area contributed by atoms with Crippen molar-refractivity contribution >= 4 is 17.6 Å². The minimum Gasteiger partial charge on any atom is -0.336 e. The van der Waals surface area contributed by atoms with Crippen LogP contribution < -0.4 is 10.6 Å². The van der Waals surface area contributed by atoms with Gasteiger partial charge in [0.2, 0.25) is 0 Å². The largest absolute Gasteiger partial charge is 0.435 e. The van der Waals surface area contributed by atoms with Gasteiger partial charge in [0.05, 0.1) is 6.54 Å². The number of hydrogen-bond donors (Lipinski definition) is 2. The van der Waals surface area contributed by atoms with E-state index in [4.69, 9.17) is 11.6 Å². The Balaban J connectivity index is 1.49. The van der Waals surface area contributed by atoms with Gasteiger partial charge >= 0.3 is 12.2 Å². The van der Waals surface area contributed by atoms with Crippen LogP contribution in [0.5, 0.6) is 0 Å². The Kier molecular flexibility index (Phi) is 5.41. The molecule has 1 aliphatic carbocycles. The number of benzene rings is 1. The zero-order valence-electron chi connectivity index (χ0n) is 13.8. The first-order valence-electron chi connectivity index (χ1n) is 8.24. The van der Waals surface area contributed by atoms with Gasteiger partial charge in [-0.3, -0.25) is 4.68 Å². The zero-order chi connectivity index (χ0) is 18.7. The van der Waals surface area contributed by atoms with Gasteiger partial charge in [-0.05, 0) is 36.6 Å². The molecule has 2 aromatic rings. The summed E-state index contributed by atoms with van der Waals surface area (Å²) in [5.41, 5.74) is 0.592. The fourth-order valence-corrected chi connectivity index (χ4v) is 2.70. The lowest BCUT2D eigenvalue weighted by atomic mass is 10.2. The lowest BCUT2D eigenvalue weighted by Gasteiger charge is -2.10. The highest BCUT2D eigenvalue weighted by atomic mass is 35.5. The quantitative estimate of drug-likeness (QED) is 0.790. The highest BCUT2D eigenvalue weighted by molar-refractivity contribution is 6.30. The summed E-state index contributed by atoms with van der Waals surface area (Å²) in [7, 11) is 0. The molecule has 0 atom stereocenters. The molecular weight excluding hydrogens is 369 g/mol. The zero-order valence-corrected chi connectivity index (χ0v) is 14.6. The van der Waals surface area contributed by atoms with Crippen molar-refractivity contribution in [2.75, 3.05) is 6.54 Å². The number of rotatable bonds is 6. The monoisotopic (exact) mass is 386 g/mol. The van der Waals surface area contributed by atoms with Crippen LogP contribution in [0.25, 0.3) is 0 Å². The summed E-state index contributed by atoms with van der Waals surface area (Å²) in [6.07, 6.45) is -2.71. The van der Waals surface area contributed by atoms with Gasteiger partial charge in [-0.1, -0.05) is 23.7 Å². The van der Waals surface area contributed by atoms with Crippen LogP contribution in [0.15, 0.2) is 30.3 Å². The van der Waals surface area contributed by atoms with Crippen molar-refractivity contribution in [3.8, 4) is 0 Å². The molecule has 26 heavy (non-hydrogen) atoms. The molecule has 2 amide bonds. The van der Waals surface area contributed by atoms with Crippen LogP contribution >= 0.6 is 11.6 Å². The molecule has 1 saturated carbocycles. The number of alkyl halides is 3. The Hall–Kier alpha value is -2.22. The van der Waals surface area contributed by atoms with E-state index in [1.807, 2.05) is 0 Å². The molecule has 0 saturated heterocycles. The SMILES string of the molecule is O=C(NCCn1nc(C(F)(F)F)cc1C1CC1)NCc1ccc(Cl)cc1. The molecule has 1 aliphatic rings. The first-order valence-corrected chi connectivity index (χ1v) is 8.62. The minimum absolute atomic E-state index is 0.136. The van der Waals surface area contributed by atoms with Crippen molar-refractivity contribution in [1.29, 1.82) is 0 Å². The maximum atomic E-state index is 12.8. The van der Waals surface area contributed by atoms with Crippen molar-refractivity contribution < 1.29 is 18.0 Å². The normalized spacial score (nSPS) is 14.3. The van der Waals surface area contributed by atoms with Crippen LogP contribution in [0.4, 0.5) is 18.0 Å². The number of amides is 2. The van der Waals surface area contributed by atoms with Crippen molar-refractivity contribution in [3.63, 3.8) is 0 Å². The molecule has 9 heteroatoms. The number of urea groups is 1. The van der Waals surface area contributed by atoms with E-state index in [9.17, 15) is 18.0 Å². The molecule has 140 valence electrons. The average Bonchev–Trinajstić information content (AvgIpc) is 3.33. The number of carbonyl (C=O) groups is 1. The average molecular weight is 387 g/mol. The smallest absolute Gasteiger partial charge is 0.336 e.